The van der Waals surface area contributed by atoms with Gasteiger partial charge >= 0.3 is 0 Å². The van der Waals surface area contributed by atoms with Crippen LogP contribution in [-0.2, 0) is 32.6 Å². The summed E-state index contributed by atoms with van der Waals surface area (Å²) >= 11 is 13.0. The maximum Gasteiger partial charge on any atom is 0.243 e. The molecule has 0 aliphatic carbocycles. The number of aryl methyl sites for hydroxylation is 1. The number of nitrogens with zero attached hydrogens (tertiary/aromatic N) is 2. The minimum absolute atomic E-state index is 0.0191. The average Bonchev–Trinajstić information content (AvgIpc) is 2.94. The number of carbonyl (C=O) groups excluding carboxylic acids is 2. The van der Waals surface area contributed by atoms with E-state index in [-0.39, 0.29) is 37.7 Å². The first-order valence-corrected chi connectivity index (χ1v) is 16.6. The van der Waals surface area contributed by atoms with E-state index in [4.69, 9.17) is 23.2 Å². The second kappa shape index (κ2) is 15.4. The summed E-state index contributed by atoms with van der Waals surface area (Å²) in [5, 5.41) is 3.73. The molecule has 1 N–H and O–H groups in total. The van der Waals surface area contributed by atoms with E-state index in [1.165, 1.54) is 9.21 Å². The fraction of sp³-hybridized carbons (Fsp3) is 0.375. The summed E-state index contributed by atoms with van der Waals surface area (Å²) < 4.78 is 26.9. The first kappa shape index (κ1) is 33.4. The smallest absolute Gasteiger partial charge is 0.243 e. The predicted molar refractivity (Wildman–Crippen MR) is 172 cm³/mol. The van der Waals surface area contributed by atoms with Crippen LogP contribution >= 0.6 is 23.2 Å². The lowest BCUT2D eigenvalue weighted by molar-refractivity contribution is -0.141. The molecular weight excluding hydrogens is 593 g/mol. The quantitative estimate of drug-likeness (QED) is 0.225. The lowest BCUT2D eigenvalue weighted by Crippen LogP contribution is -2.50. The molecule has 0 saturated heterocycles. The van der Waals surface area contributed by atoms with Crippen LogP contribution in [-0.4, -0.2) is 50.5 Å². The second-order valence-electron chi connectivity index (χ2n) is 10.4. The summed E-state index contributed by atoms with van der Waals surface area (Å²) in [6.45, 7) is 6.38. The Kier molecular flexibility index (Phi) is 12.3. The van der Waals surface area contributed by atoms with Crippen LogP contribution < -0.4 is 9.62 Å². The van der Waals surface area contributed by atoms with Gasteiger partial charge in [0.25, 0.3) is 0 Å². The van der Waals surface area contributed by atoms with Crippen molar-refractivity contribution >= 4 is 50.7 Å². The molecule has 0 aliphatic rings. The van der Waals surface area contributed by atoms with Crippen LogP contribution in [0.1, 0.15) is 48.4 Å². The predicted octanol–water partition coefficient (Wildman–Crippen LogP) is 6.32. The average molecular weight is 633 g/mol. The van der Waals surface area contributed by atoms with E-state index in [9.17, 15) is 18.0 Å². The van der Waals surface area contributed by atoms with Gasteiger partial charge in [0.15, 0.2) is 0 Å². The van der Waals surface area contributed by atoms with Crippen LogP contribution in [0.25, 0.3) is 0 Å². The van der Waals surface area contributed by atoms with Crippen molar-refractivity contribution in [3.8, 4) is 0 Å². The minimum atomic E-state index is -3.61. The largest absolute Gasteiger partial charge is 0.354 e. The molecule has 0 radical (unpaired) electrons. The molecule has 3 aromatic rings. The number of benzene rings is 3. The van der Waals surface area contributed by atoms with Gasteiger partial charge in [0.05, 0.1) is 11.9 Å². The monoisotopic (exact) mass is 631 g/mol. The number of sulfonamides is 1. The van der Waals surface area contributed by atoms with Gasteiger partial charge in [-0.2, -0.15) is 0 Å². The third-order valence-corrected chi connectivity index (χ3v) is 9.10. The third kappa shape index (κ3) is 8.96. The molecule has 0 aliphatic heterocycles. The molecule has 0 bridgehead atoms. The number of rotatable bonds is 14. The molecule has 0 heterocycles. The van der Waals surface area contributed by atoms with Crippen LogP contribution in [0, 0.1) is 13.8 Å². The van der Waals surface area contributed by atoms with Crippen molar-refractivity contribution in [2.24, 2.45) is 0 Å². The van der Waals surface area contributed by atoms with Gasteiger partial charge in [-0.3, -0.25) is 13.9 Å². The Balaban J connectivity index is 1.93. The van der Waals surface area contributed by atoms with Crippen LogP contribution in [0.4, 0.5) is 5.69 Å². The van der Waals surface area contributed by atoms with Gasteiger partial charge in [-0.1, -0.05) is 78.7 Å². The number of halogens is 2. The van der Waals surface area contributed by atoms with Crippen molar-refractivity contribution < 1.29 is 18.0 Å². The first-order chi connectivity index (χ1) is 19.9. The second-order valence-corrected chi connectivity index (χ2v) is 13.1. The zero-order valence-corrected chi connectivity index (χ0v) is 26.9. The topological polar surface area (TPSA) is 86.8 Å². The Bertz CT molecular complexity index is 1460. The Labute approximate surface area is 259 Å². The van der Waals surface area contributed by atoms with E-state index in [0.717, 1.165) is 29.4 Å². The molecule has 0 aromatic heterocycles. The Morgan fingerprint density at radius 3 is 2.19 bits per heavy atom. The molecule has 3 rings (SSSR count). The van der Waals surface area contributed by atoms with E-state index < -0.39 is 16.1 Å². The number of hydrogen-bond donors (Lipinski definition) is 1. The standard InChI is InChI=1S/C32H39Cl2N3O4S/c1-5-19-35-32(39)30(21-25-13-7-6-8-14-25)36(22-26-27(33)15-10-16-28(26)34)31(38)18-11-20-37(42(4,40)41)29-17-9-12-23(2)24(29)3/h6-10,12-17,30H,5,11,18-22H2,1-4H3,(H,35,39)/t30-/m1/s1. The van der Waals surface area contributed by atoms with Crippen LogP contribution in [0.5, 0.6) is 0 Å². The molecule has 2 amide bonds. The Hall–Kier alpha value is -3.07. The van der Waals surface area contributed by atoms with Crippen LogP contribution in [0.2, 0.25) is 10.0 Å². The van der Waals surface area contributed by atoms with Gasteiger partial charge in [-0.25, -0.2) is 8.42 Å². The minimum Gasteiger partial charge on any atom is -0.354 e. The molecule has 0 spiro atoms. The molecule has 226 valence electrons. The number of amides is 2. The lowest BCUT2D eigenvalue weighted by Gasteiger charge is -2.32. The van der Waals surface area contributed by atoms with E-state index >= 15 is 0 Å². The summed E-state index contributed by atoms with van der Waals surface area (Å²) in [5.41, 5.74) is 3.87. The molecule has 7 nitrogen and oxygen atoms in total. The fourth-order valence-corrected chi connectivity index (χ4v) is 6.29. The van der Waals surface area contributed by atoms with Crippen LogP contribution in [0.15, 0.2) is 66.7 Å². The number of hydrogen-bond acceptors (Lipinski definition) is 4. The molecule has 42 heavy (non-hydrogen) atoms. The summed E-state index contributed by atoms with van der Waals surface area (Å²) in [4.78, 5) is 29.0. The van der Waals surface area contributed by atoms with Gasteiger partial charge in [-0.15, -0.1) is 0 Å². The number of anilines is 1. The fourth-order valence-electron chi connectivity index (χ4n) is 4.76. The Morgan fingerprint density at radius 2 is 1.57 bits per heavy atom. The van der Waals surface area contributed by atoms with Crippen LogP contribution in [0.3, 0.4) is 0 Å². The van der Waals surface area contributed by atoms with E-state index in [2.05, 4.69) is 5.32 Å². The van der Waals surface area contributed by atoms with Crippen molar-refractivity contribution in [2.75, 3.05) is 23.7 Å². The Morgan fingerprint density at radius 1 is 0.929 bits per heavy atom. The molecule has 0 unspecified atom stereocenters. The van der Waals surface area contributed by atoms with Gasteiger partial charge < -0.3 is 10.2 Å². The van der Waals surface area contributed by atoms with Crippen molar-refractivity contribution in [1.82, 2.24) is 10.2 Å². The summed E-state index contributed by atoms with van der Waals surface area (Å²) in [6, 6.07) is 19.3. The summed E-state index contributed by atoms with van der Waals surface area (Å²) in [7, 11) is -3.61. The van der Waals surface area contributed by atoms with Crippen molar-refractivity contribution in [1.29, 1.82) is 0 Å². The number of nitrogens with one attached hydrogen (secondary N) is 1. The van der Waals surface area contributed by atoms with Gasteiger partial charge in [0.2, 0.25) is 21.8 Å². The molecule has 0 saturated carbocycles. The molecule has 10 heteroatoms. The van der Waals surface area contributed by atoms with Crippen molar-refractivity contribution in [3.05, 3.63) is 99.0 Å². The van der Waals surface area contributed by atoms with E-state index in [1.807, 2.05) is 63.2 Å². The van der Waals surface area contributed by atoms with Gasteiger partial charge in [0.1, 0.15) is 6.04 Å². The normalized spacial score (nSPS) is 12.0. The highest BCUT2D eigenvalue weighted by Crippen LogP contribution is 2.29. The third-order valence-electron chi connectivity index (χ3n) is 7.21. The van der Waals surface area contributed by atoms with Crippen molar-refractivity contribution in [3.63, 3.8) is 0 Å². The molecule has 3 aromatic carbocycles. The highest BCUT2D eigenvalue weighted by atomic mass is 35.5. The molecule has 0 fully saturated rings. The van der Waals surface area contributed by atoms with E-state index in [1.54, 1.807) is 24.3 Å². The molecular formula is C32H39Cl2N3O4S. The SMILES string of the molecule is CCCNC(=O)[C@@H](Cc1ccccc1)N(Cc1c(Cl)cccc1Cl)C(=O)CCCN(c1cccc(C)c1C)S(C)(=O)=O. The van der Waals surface area contributed by atoms with Crippen molar-refractivity contribution in [2.45, 2.75) is 59.0 Å². The van der Waals surface area contributed by atoms with Gasteiger partial charge in [-0.05, 0) is 61.6 Å². The van der Waals surface area contributed by atoms with E-state index in [0.29, 0.717) is 34.3 Å². The summed E-state index contributed by atoms with van der Waals surface area (Å²) in [6.07, 6.45) is 2.47. The zero-order chi connectivity index (χ0) is 30.9. The molecule has 1 atom stereocenters. The maximum atomic E-state index is 14.0. The highest BCUT2D eigenvalue weighted by molar-refractivity contribution is 7.92. The lowest BCUT2D eigenvalue weighted by atomic mass is 10.0. The number of carbonyl (C=O) groups is 2. The first-order valence-electron chi connectivity index (χ1n) is 14.0. The summed E-state index contributed by atoms with van der Waals surface area (Å²) in [5.74, 6) is -0.571. The van der Waals surface area contributed by atoms with Gasteiger partial charge in [0, 0.05) is 48.1 Å². The maximum absolute atomic E-state index is 14.0. The highest BCUT2D eigenvalue weighted by Gasteiger charge is 2.31. The zero-order valence-electron chi connectivity index (χ0n) is 24.6.